The van der Waals surface area contributed by atoms with Crippen LogP contribution in [0.25, 0.3) is 0 Å². The van der Waals surface area contributed by atoms with Gasteiger partial charge in [0.1, 0.15) is 6.20 Å². The van der Waals surface area contributed by atoms with Crippen molar-refractivity contribution in [3.63, 3.8) is 0 Å². The Labute approximate surface area is 169 Å². The Hall–Kier alpha value is -0.800. The summed E-state index contributed by atoms with van der Waals surface area (Å²) in [4.78, 5) is 0. The van der Waals surface area contributed by atoms with E-state index in [1.165, 1.54) is 83.5 Å². The van der Waals surface area contributed by atoms with Gasteiger partial charge in [0.05, 0.1) is 12.7 Å². The van der Waals surface area contributed by atoms with Gasteiger partial charge in [-0.2, -0.15) is 0 Å². The second kappa shape index (κ2) is 15.2. The first-order chi connectivity index (χ1) is 13.2. The number of nitrogens with zero attached hydrogens (tertiary/aromatic N) is 1. The highest BCUT2D eigenvalue weighted by Crippen LogP contribution is 2.25. The molecule has 0 aliphatic carbocycles. The minimum atomic E-state index is -0.345. The predicted octanol–water partition coefficient (Wildman–Crippen LogP) is 6.60. The van der Waals surface area contributed by atoms with Crippen molar-refractivity contribution in [2.45, 2.75) is 123 Å². The highest BCUT2D eigenvalue weighted by molar-refractivity contribution is 4.85. The molecule has 2 N–H and O–H groups in total. The SMILES string of the molecule is CCCCCCCCCCC/C=C/CCCCC1NC=C[N+]1(CC)C(C)O. The van der Waals surface area contributed by atoms with Gasteiger partial charge < -0.3 is 10.4 Å². The van der Waals surface area contributed by atoms with Gasteiger partial charge in [0.2, 0.25) is 0 Å². The third kappa shape index (κ3) is 9.30. The minimum absolute atomic E-state index is 0.334. The fraction of sp³-hybridized carbons (Fsp3) is 0.833. The Bertz CT molecular complexity index is 405. The number of rotatable bonds is 17. The van der Waals surface area contributed by atoms with E-state index < -0.39 is 0 Å². The lowest BCUT2D eigenvalue weighted by Gasteiger charge is -2.39. The smallest absolute Gasteiger partial charge is 0.193 e. The van der Waals surface area contributed by atoms with E-state index in [1.54, 1.807) is 0 Å². The van der Waals surface area contributed by atoms with Gasteiger partial charge in [0.25, 0.3) is 0 Å². The van der Waals surface area contributed by atoms with E-state index in [0.717, 1.165) is 13.0 Å². The molecule has 0 aromatic rings. The molecule has 1 heterocycles. The fourth-order valence-corrected chi connectivity index (χ4v) is 4.24. The summed E-state index contributed by atoms with van der Waals surface area (Å²) in [7, 11) is 0. The normalized spacial score (nSPS) is 23.2. The van der Waals surface area contributed by atoms with Crippen LogP contribution in [0.4, 0.5) is 0 Å². The molecule has 0 fully saturated rings. The molecule has 3 unspecified atom stereocenters. The van der Waals surface area contributed by atoms with Crippen LogP contribution in [-0.4, -0.2) is 28.5 Å². The molecule has 0 spiro atoms. The van der Waals surface area contributed by atoms with Crippen LogP contribution < -0.4 is 5.32 Å². The maximum Gasteiger partial charge on any atom is 0.193 e. The first-order valence-electron chi connectivity index (χ1n) is 11.8. The first-order valence-corrected chi connectivity index (χ1v) is 11.8. The lowest BCUT2D eigenvalue weighted by molar-refractivity contribution is -0.942. The molecule has 158 valence electrons. The summed E-state index contributed by atoms with van der Waals surface area (Å²) in [5, 5.41) is 13.6. The van der Waals surface area contributed by atoms with E-state index in [9.17, 15) is 5.11 Å². The first kappa shape index (κ1) is 24.2. The lowest BCUT2D eigenvalue weighted by atomic mass is 10.1. The second-order valence-electron chi connectivity index (χ2n) is 8.31. The average molecular weight is 380 g/mol. The third-order valence-corrected chi connectivity index (χ3v) is 6.20. The molecular weight excluding hydrogens is 332 g/mol. The van der Waals surface area contributed by atoms with E-state index >= 15 is 0 Å². The van der Waals surface area contributed by atoms with Crippen LogP contribution in [0.3, 0.4) is 0 Å². The molecule has 0 amide bonds. The number of allylic oxidation sites excluding steroid dienone is 2. The highest BCUT2D eigenvalue weighted by atomic mass is 16.3. The Balaban J connectivity index is 1.95. The minimum Gasteiger partial charge on any atom is -0.345 e. The standard InChI is InChI=1S/C24H47N2O/c1-4-6-7-8-9-10-11-12-13-14-15-16-17-18-19-20-24-25-21-22-26(24,5-2)23(3)27/h15-16,21-25,27H,4-14,17-20H2,1-3H3/q+1/b16-15+. The number of hydrogen-bond acceptors (Lipinski definition) is 2. The summed E-state index contributed by atoms with van der Waals surface area (Å²) >= 11 is 0. The van der Waals surface area contributed by atoms with Crippen LogP contribution in [0.1, 0.15) is 111 Å². The van der Waals surface area contributed by atoms with E-state index in [1.807, 2.05) is 13.1 Å². The molecule has 3 heteroatoms. The fourth-order valence-electron chi connectivity index (χ4n) is 4.24. The Morgan fingerprint density at radius 2 is 1.44 bits per heavy atom. The van der Waals surface area contributed by atoms with Crippen molar-refractivity contribution in [2.75, 3.05) is 6.54 Å². The Kier molecular flexibility index (Phi) is 13.6. The second-order valence-corrected chi connectivity index (χ2v) is 8.31. The Morgan fingerprint density at radius 3 is 2.00 bits per heavy atom. The topological polar surface area (TPSA) is 32.3 Å². The molecule has 1 aliphatic heterocycles. The van der Waals surface area contributed by atoms with Crippen LogP contribution in [0.15, 0.2) is 24.6 Å². The summed E-state index contributed by atoms with van der Waals surface area (Å²) in [5.41, 5.74) is 0. The zero-order valence-electron chi connectivity index (χ0n) is 18.5. The summed E-state index contributed by atoms with van der Waals surface area (Å²) in [6, 6.07) is 0. The summed E-state index contributed by atoms with van der Waals surface area (Å²) < 4.78 is 0.661. The molecule has 1 aliphatic rings. The van der Waals surface area contributed by atoms with Gasteiger partial charge in [-0.3, -0.25) is 4.48 Å². The van der Waals surface area contributed by atoms with Crippen LogP contribution >= 0.6 is 0 Å². The van der Waals surface area contributed by atoms with Crippen molar-refractivity contribution in [3.8, 4) is 0 Å². The summed E-state index contributed by atoms with van der Waals surface area (Å²) in [6.45, 7) is 7.28. The number of nitrogens with one attached hydrogen (secondary N) is 1. The predicted molar refractivity (Wildman–Crippen MR) is 118 cm³/mol. The summed E-state index contributed by atoms with van der Waals surface area (Å²) in [6.07, 6.45) is 27.6. The van der Waals surface area contributed by atoms with Gasteiger partial charge in [-0.1, -0.05) is 70.4 Å². The maximum absolute atomic E-state index is 10.2. The quantitative estimate of drug-likeness (QED) is 0.169. The number of hydrogen-bond donors (Lipinski definition) is 2. The monoisotopic (exact) mass is 379 g/mol. The number of aliphatic hydroxyl groups excluding tert-OH is 1. The van der Waals surface area contributed by atoms with Gasteiger partial charge in [0.15, 0.2) is 12.4 Å². The van der Waals surface area contributed by atoms with Crippen molar-refractivity contribution >= 4 is 0 Å². The van der Waals surface area contributed by atoms with E-state index in [-0.39, 0.29) is 6.23 Å². The lowest BCUT2D eigenvalue weighted by Crippen LogP contribution is -2.57. The third-order valence-electron chi connectivity index (χ3n) is 6.20. The molecule has 3 nitrogen and oxygen atoms in total. The highest BCUT2D eigenvalue weighted by Gasteiger charge is 2.40. The van der Waals surface area contributed by atoms with Crippen LogP contribution in [0.5, 0.6) is 0 Å². The number of unbranched alkanes of at least 4 members (excludes halogenated alkanes) is 11. The molecule has 0 aromatic carbocycles. The molecule has 0 saturated carbocycles. The zero-order chi connectivity index (χ0) is 19.8. The number of aliphatic hydroxyl groups is 1. The van der Waals surface area contributed by atoms with Crippen LogP contribution in [0, 0.1) is 0 Å². The molecule has 27 heavy (non-hydrogen) atoms. The van der Waals surface area contributed by atoms with Crippen LogP contribution in [-0.2, 0) is 0 Å². The van der Waals surface area contributed by atoms with E-state index in [0.29, 0.717) is 10.6 Å². The van der Waals surface area contributed by atoms with Crippen LogP contribution in [0.2, 0.25) is 0 Å². The van der Waals surface area contributed by atoms with Gasteiger partial charge in [-0.25, -0.2) is 0 Å². The van der Waals surface area contributed by atoms with Crippen molar-refractivity contribution in [1.29, 1.82) is 0 Å². The molecule has 1 rings (SSSR count). The molecule has 0 aromatic heterocycles. The largest absolute Gasteiger partial charge is 0.345 e. The van der Waals surface area contributed by atoms with Gasteiger partial charge in [-0.15, -0.1) is 0 Å². The number of quaternary nitrogens is 1. The Morgan fingerprint density at radius 1 is 0.889 bits per heavy atom. The molecule has 0 bridgehead atoms. The summed E-state index contributed by atoms with van der Waals surface area (Å²) in [5.74, 6) is 0. The maximum atomic E-state index is 10.2. The average Bonchev–Trinajstić information content (AvgIpc) is 3.09. The van der Waals surface area contributed by atoms with Gasteiger partial charge in [0, 0.05) is 13.3 Å². The van der Waals surface area contributed by atoms with Crippen molar-refractivity contribution in [1.82, 2.24) is 5.32 Å². The van der Waals surface area contributed by atoms with Crippen molar-refractivity contribution in [3.05, 3.63) is 24.6 Å². The van der Waals surface area contributed by atoms with E-state index in [2.05, 4.69) is 37.5 Å². The van der Waals surface area contributed by atoms with Gasteiger partial charge >= 0.3 is 0 Å². The molecule has 0 radical (unpaired) electrons. The zero-order valence-corrected chi connectivity index (χ0v) is 18.5. The van der Waals surface area contributed by atoms with Crippen molar-refractivity contribution in [2.24, 2.45) is 0 Å². The molecular formula is C24H47N2O+. The van der Waals surface area contributed by atoms with E-state index in [4.69, 9.17) is 0 Å². The van der Waals surface area contributed by atoms with Gasteiger partial charge in [-0.05, 0) is 39.0 Å². The molecule has 0 saturated heterocycles. The molecule has 3 atom stereocenters. The van der Waals surface area contributed by atoms with Crippen molar-refractivity contribution < 1.29 is 9.59 Å².